The maximum atomic E-state index is 12.6. The third kappa shape index (κ3) is 3.36. The van der Waals surface area contributed by atoms with Gasteiger partial charge >= 0.3 is 0 Å². The Labute approximate surface area is 184 Å². The highest BCUT2D eigenvalue weighted by Gasteiger charge is 2.38. The molecule has 2 fully saturated rings. The molecule has 8 nitrogen and oxygen atoms in total. The number of fused-ring (bicyclic) bond motifs is 4. The third-order valence-electron chi connectivity index (χ3n) is 6.77. The molecule has 0 saturated carbocycles. The molecule has 1 N–H and O–H groups in total. The zero-order valence-electron chi connectivity index (χ0n) is 17.6. The highest BCUT2D eigenvalue weighted by Crippen LogP contribution is 2.38. The Morgan fingerprint density at radius 3 is 2.62 bits per heavy atom. The van der Waals surface area contributed by atoms with Gasteiger partial charge in [-0.15, -0.1) is 0 Å². The lowest BCUT2D eigenvalue weighted by molar-refractivity contribution is 0.0945. The number of nitrogens with zero attached hydrogens (tertiary/aromatic N) is 5. The summed E-state index contributed by atoms with van der Waals surface area (Å²) < 4.78 is 3.43. The summed E-state index contributed by atoms with van der Waals surface area (Å²) >= 11 is 0. The lowest BCUT2D eigenvalue weighted by atomic mass is 10.0. The summed E-state index contributed by atoms with van der Waals surface area (Å²) in [6, 6.07) is 12.2. The Morgan fingerprint density at radius 2 is 1.81 bits per heavy atom. The second-order valence-corrected chi connectivity index (χ2v) is 8.76. The smallest absolute Gasteiger partial charge is 0.270 e. The number of imidazole rings is 1. The highest BCUT2D eigenvalue weighted by atomic mass is 16.2. The number of carbonyl (C=O) groups is 1. The van der Waals surface area contributed by atoms with Crippen LogP contribution in [0.3, 0.4) is 0 Å². The maximum absolute atomic E-state index is 12.6. The first-order valence-corrected chi connectivity index (χ1v) is 11.1. The second-order valence-electron chi connectivity index (χ2n) is 8.76. The molecule has 162 valence electrons. The molecule has 4 aromatic rings. The lowest BCUT2D eigenvalue weighted by Gasteiger charge is -2.21. The topological polar surface area (TPSA) is 84.0 Å². The second kappa shape index (κ2) is 7.56. The van der Waals surface area contributed by atoms with Gasteiger partial charge in [-0.25, -0.2) is 9.97 Å². The van der Waals surface area contributed by atoms with E-state index in [9.17, 15) is 9.59 Å². The molecule has 6 heterocycles. The van der Waals surface area contributed by atoms with Gasteiger partial charge in [0, 0.05) is 43.3 Å². The quantitative estimate of drug-likeness (QED) is 0.528. The van der Waals surface area contributed by atoms with Crippen LogP contribution in [0.4, 0.5) is 0 Å². The largest absolute Gasteiger partial charge is 0.345 e. The normalized spacial score (nSPS) is 20.4. The van der Waals surface area contributed by atoms with Crippen molar-refractivity contribution in [1.29, 1.82) is 0 Å². The Bertz CT molecular complexity index is 1370. The summed E-state index contributed by atoms with van der Waals surface area (Å²) in [5, 5.41) is 2.83. The first-order chi connectivity index (χ1) is 15.6. The lowest BCUT2D eigenvalue weighted by Crippen LogP contribution is -2.27. The summed E-state index contributed by atoms with van der Waals surface area (Å²) in [4.78, 5) is 36.4. The van der Waals surface area contributed by atoms with Crippen LogP contribution in [0.1, 0.15) is 47.4 Å². The number of hydrogen-bond acceptors (Lipinski definition) is 5. The fourth-order valence-corrected chi connectivity index (χ4v) is 5.19. The van der Waals surface area contributed by atoms with Gasteiger partial charge in [0.15, 0.2) is 0 Å². The fraction of sp³-hybridized carbons (Fsp3) is 0.333. The Kier molecular flexibility index (Phi) is 4.53. The number of aromatic nitrogens is 4. The first kappa shape index (κ1) is 19.2. The maximum Gasteiger partial charge on any atom is 0.270 e. The van der Waals surface area contributed by atoms with Gasteiger partial charge < -0.3 is 9.72 Å². The summed E-state index contributed by atoms with van der Waals surface area (Å²) in [6.07, 6.45) is 11.0. The van der Waals surface area contributed by atoms with Gasteiger partial charge in [0.2, 0.25) is 0 Å². The van der Waals surface area contributed by atoms with Gasteiger partial charge in [0.25, 0.3) is 11.5 Å². The van der Waals surface area contributed by atoms with Crippen LogP contribution < -0.4 is 10.9 Å². The van der Waals surface area contributed by atoms with Crippen LogP contribution in [0, 0.1) is 0 Å². The molecule has 2 aliphatic rings. The molecule has 2 bridgehead atoms. The van der Waals surface area contributed by atoms with Crippen LogP contribution in [0.5, 0.6) is 0 Å². The summed E-state index contributed by atoms with van der Waals surface area (Å²) in [6.45, 7) is 1.25. The van der Waals surface area contributed by atoms with Crippen molar-refractivity contribution >= 4 is 17.2 Å². The number of rotatable bonds is 5. The summed E-state index contributed by atoms with van der Waals surface area (Å²) in [7, 11) is 0. The molecule has 8 heteroatoms. The molecular formula is C24H24N6O2. The van der Waals surface area contributed by atoms with E-state index >= 15 is 0 Å². The third-order valence-corrected chi connectivity index (χ3v) is 6.77. The average molecular weight is 428 g/mol. The number of pyridine rings is 2. The van der Waals surface area contributed by atoms with Crippen LogP contribution in [-0.4, -0.2) is 41.7 Å². The van der Waals surface area contributed by atoms with Crippen LogP contribution >= 0.6 is 0 Å². The fourth-order valence-electron chi connectivity index (χ4n) is 5.19. The zero-order chi connectivity index (χ0) is 21.7. The van der Waals surface area contributed by atoms with Crippen LogP contribution in [0.15, 0.2) is 59.8 Å². The van der Waals surface area contributed by atoms with E-state index in [0.717, 1.165) is 30.0 Å². The van der Waals surface area contributed by atoms with Gasteiger partial charge in [-0.1, -0.05) is 12.1 Å². The van der Waals surface area contributed by atoms with E-state index < -0.39 is 5.91 Å². The summed E-state index contributed by atoms with van der Waals surface area (Å²) in [5.74, 6) is -0.393. The molecule has 0 spiro atoms. The highest BCUT2D eigenvalue weighted by molar-refractivity contribution is 5.92. The van der Waals surface area contributed by atoms with Crippen molar-refractivity contribution < 1.29 is 4.79 Å². The van der Waals surface area contributed by atoms with Crippen LogP contribution in [-0.2, 0) is 13.1 Å². The Morgan fingerprint density at radius 1 is 1.00 bits per heavy atom. The van der Waals surface area contributed by atoms with E-state index in [4.69, 9.17) is 0 Å². The first-order valence-electron chi connectivity index (χ1n) is 11.1. The van der Waals surface area contributed by atoms with Gasteiger partial charge in [0.05, 0.1) is 12.2 Å². The molecule has 0 aromatic carbocycles. The molecule has 1 amide bonds. The van der Waals surface area contributed by atoms with E-state index in [-0.39, 0.29) is 17.8 Å². The van der Waals surface area contributed by atoms with Crippen LogP contribution in [0.25, 0.3) is 11.3 Å². The van der Waals surface area contributed by atoms with Crippen molar-refractivity contribution in [1.82, 2.24) is 29.0 Å². The van der Waals surface area contributed by atoms with E-state index in [0.29, 0.717) is 5.65 Å². The molecule has 2 aliphatic heterocycles. The Balaban J connectivity index is 1.16. The van der Waals surface area contributed by atoms with Crippen molar-refractivity contribution in [3.05, 3.63) is 82.3 Å². The molecule has 6 rings (SSSR count). The predicted molar refractivity (Wildman–Crippen MR) is 119 cm³/mol. The molecule has 0 unspecified atom stereocenters. The number of amides is 1. The molecule has 0 atom stereocenters. The van der Waals surface area contributed by atoms with Gasteiger partial charge in [-0.05, 0) is 49.4 Å². The molecular weight excluding hydrogens is 404 g/mol. The molecule has 4 aromatic heterocycles. The number of carbonyl (C=O) groups excluding carboxylic acids is 1. The molecule has 0 aliphatic carbocycles. The average Bonchev–Trinajstić information content (AvgIpc) is 3.51. The van der Waals surface area contributed by atoms with Crippen molar-refractivity contribution in [3.63, 3.8) is 0 Å². The molecule has 2 saturated heterocycles. The van der Waals surface area contributed by atoms with E-state index in [1.54, 1.807) is 24.4 Å². The minimum absolute atomic E-state index is 0.104. The number of hydrogen-bond donors (Lipinski definition) is 1. The van der Waals surface area contributed by atoms with E-state index in [1.165, 1.54) is 41.7 Å². The van der Waals surface area contributed by atoms with E-state index in [2.05, 4.69) is 32.4 Å². The minimum Gasteiger partial charge on any atom is -0.345 e. The van der Waals surface area contributed by atoms with Gasteiger partial charge in [0.1, 0.15) is 17.0 Å². The Hall–Kier alpha value is -3.52. The molecule has 0 radical (unpaired) electrons. The van der Waals surface area contributed by atoms with Crippen molar-refractivity contribution in [2.24, 2.45) is 0 Å². The summed E-state index contributed by atoms with van der Waals surface area (Å²) in [5.41, 5.74) is 3.15. The van der Waals surface area contributed by atoms with E-state index in [1.807, 2.05) is 16.7 Å². The van der Waals surface area contributed by atoms with Crippen molar-refractivity contribution in [2.45, 2.75) is 50.9 Å². The standard InChI is InChI=1S/C24H24N6O2/c31-23-11-20(27-22-3-1-2-10-29(22)23)24(32)25-12-17-15-28-13-16(4-9-21(28)26-17)14-30-18-5-6-19(30)8-7-18/h1-4,9-11,13,15,18-19H,5-8,12,14H2,(H,25,32). The molecule has 32 heavy (non-hydrogen) atoms. The van der Waals surface area contributed by atoms with Crippen molar-refractivity contribution in [3.8, 4) is 0 Å². The zero-order valence-corrected chi connectivity index (χ0v) is 17.6. The monoisotopic (exact) mass is 428 g/mol. The predicted octanol–water partition coefficient (Wildman–Crippen LogP) is 2.40. The van der Waals surface area contributed by atoms with Crippen LogP contribution in [0.2, 0.25) is 0 Å². The van der Waals surface area contributed by atoms with Gasteiger partial charge in [-0.2, -0.15) is 0 Å². The SMILES string of the molecule is O=C(NCc1cn2cc(CN3C4CCC3CC4)ccc2n1)c1cc(=O)n2ccccc2n1. The van der Waals surface area contributed by atoms with Gasteiger partial charge in [-0.3, -0.25) is 18.9 Å². The number of nitrogens with one attached hydrogen (secondary N) is 1. The minimum atomic E-state index is -0.393. The van der Waals surface area contributed by atoms with Crippen molar-refractivity contribution in [2.75, 3.05) is 0 Å².